The highest BCUT2D eigenvalue weighted by atomic mass is 35.5. The monoisotopic (exact) mass is 412 g/mol. The molecule has 2 unspecified atom stereocenters. The number of carbonyl (C=O) groups excluding carboxylic acids is 1. The van der Waals surface area contributed by atoms with Crippen LogP contribution in [0.1, 0.15) is 80.9 Å². The minimum Gasteiger partial charge on any atom is -0.273 e. The minimum atomic E-state index is 0.00589. The van der Waals surface area contributed by atoms with Crippen LogP contribution in [0.25, 0.3) is 0 Å². The van der Waals surface area contributed by atoms with Gasteiger partial charge in [-0.3, -0.25) is 9.69 Å². The van der Waals surface area contributed by atoms with Crippen LogP contribution in [0.4, 0.5) is 5.95 Å². The molecule has 1 spiro atoms. The summed E-state index contributed by atoms with van der Waals surface area (Å²) in [4.78, 5) is 20.6. The second kappa shape index (κ2) is 7.42. The van der Waals surface area contributed by atoms with E-state index < -0.39 is 0 Å². The largest absolute Gasteiger partial charge is 0.273 e. The van der Waals surface area contributed by atoms with Gasteiger partial charge in [0.1, 0.15) is 0 Å². The number of carbonyl (C=O) groups is 1. The first kappa shape index (κ1) is 19.1. The fourth-order valence-electron chi connectivity index (χ4n) is 6.05. The van der Waals surface area contributed by atoms with Crippen molar-refractivity contribution >= 4 is 23.5 Å². The Morgan fingerprint density at radius 1 is 1.17 bits per heavy atom. The average molecular weight is 413 g/mol. The molecular formula is C23H29ClN4O. The lowest BCUT2D eigenvalue weighted by Crippen LogP contribution is -2.61. The van der Waals surface area contributed by atoms with E-state index in [9.17, 15) is 4.79 Å². The molecule has 5 nitrogen and oxygen atoms in total. The van der Waals surface area contributed by atoms with Crippen molar-refractivity contribution in [2.45, 2.75) is 82.7 Å². The number of amides is 1. The number of halogens is 1. The van der Waals surface area contributed by atoms with E-state index in [4.69, 9.17) is 21.7 Å². The molecule has 0 N–H and O–H groups in total. The molecule has 0 saturated heterocycles. The molecular weight excluding hydrogens is 384 g/mol. The predicted octanol–water partition coefficient (Wildman–Crippen LogP) is 5.37. The van der Waals surface area contributed by atoms with Gasteiger partial charge in [-0.25, -0.2) is 4.68 Å². The van der Waals surface area contributed by atoms with E-state index in [2.05, 4.69) is 11.6 Å². The van der Waals surface area contributed by atoms with Crippen LogP contribution in [0.5, 0.6) is 0 Å². The third-order valence-corrected chi connectivity index (χ3v) is 7.58. The van der Waals surface area contributed by atoms with E-state index in [-0.39, 0.29) is 17.5 Å². The Bertz CT molecular complexity index is 917. The highest BCUT2D eigenvalue weighted by molar-refractivity contribution is 6.31. The van der Waals surface area contributed by atoms with Gasteiger partial charge < -0.3 is 0 Å². The van der Waals surface area contributed by atoms with Gasteiger partial charge in [0, 0.05) is 29.0 Å². The Morgan fingerprint density at radius 3 is 2.72 bits per heavy atom. The SMILES string of the molecule is CCc1nc2n(n1)C1(CCCCC1)C1CCCCC1N2C(=O)c1cccc(Cl)c1. The van der Waals surface area contributed by atoms with E-state index in [0.717, 1.165) is 37.5 Å². The average Bonchev–Trinajstić information content (AvgIpc) is 3.20. The highest BCUT2D eigenvalue weighted by Gasteiger charge is 2.55. The summed E-state index contributed by atoms with van der Waals surface area (Å²) >= 11 is 6.20. The molecule has 6 heteroatoms. The number of benzene rings is 1. The van der Waals surface area contributed by atoms with Crippen molar-refractivity contribution in [1.82, 2.24) is 14.8 Å². The maximum atomic E-state index is 13.7. The first-order valence-electron chi connectivity index (χ1n) is 11.2. The summed E-state index contributed by atoms with van der Waals surface area (Å²) in [5, 5.41) is 5.56. The van der Waals surface area contributed by atoms with Crippen LogP contribution >= 0.6 is 11.6 Å². The summed E-state index contributed by atoms with van der Waals surface area (Å²) in [6.07, 6.45) is 11.5. The van der Waals surface area contributed by atoms with Crippen molar-refractivity contribution in [1.29, 1.82) is 0 Å². The number of anilines is 1. The summed E-state index contributed by atoms with van der Waals surface area (Å²) in [7, 11) is 0. The van der Waals surface area contributed by atoms with Crippen LogP contribution < -0.4 is 4.90 Å². The number of nitrogens with zero attached hydrogens (tertiary/aromatic N) is 4. The van der Waals surface area contributed by atoms with Crippen molar-refractivity contribution in [2.24, 2.45) is 5.92 Å². The number of hydrogen-bond donors (Lipinski definition) is 0. The number of fused-ring (bicyclic) bond motifs is 4. The second-order valence-electron chi connectivity index (χ2n) is 8.90. The lowest BCUT2D eigenvalue weighted by molar-refractivity contribution is 0.0311. The van der Waals surface area contributed by atoms with Gasteiger partial charge in [0.15, 0.2) is 5.82 Å². The second-order valence-corrected chi connectivity index (χ2v) is 9.34. The summed E-state index contributed by atoms with van der Waals surface area (Å²) < 4.78 is 2.18. The molecule has 0 radical (unpaired) electrons. The molecule has 154 valence electrons. The van der Waals surface area contributed by atoms with Gasteiger partial charge in [-0.1, -0.05) is 56.7 Å². The summed E-state index contributed by atoms with van der Waals surface area (Å²) in [6.45, 7) is 2.09. The lowest BCUT2D eigenvalue weighted by atomic mass is 9.64. The number of rotatable bonds is 2. The number of aromatic nitrogens is 3. The molecule has 2 atom stereocenters. The Kier molecular flexibility index (Phi) is 4.89. The first-order chi connectivity index (χ1) is 14.1. The summed E-state index contributed by atoms with van der Waals surface area (Å²) in [5.74, 6) is 2.06. The molecule has 2 saturated carbocycles. The van der Waals surface area contributed by atoms with Gasteiger partial charge in [-0.2, -0.15) is 10.1 Å². The number of aryl methyl sites for hydroxylation is 1. The smallest absolute Gasteiger partial charge is 0.260 e. The number of hydrogen-bond acceptors (Lipinski definition) is 3. The highest BCUT2D eigenvalue weighted by Crippen LogP contribution is 2.53. The summed E-state index contributed by atoms with van der Waals surface area (Å²) in [6, 6.07) is 7.50. The first-order valence-corrected chi connectivity index (χ1v) is 11.6. The van der Waals surface area contributed by atoms with Gasteiger partial charge in [0.2, 0.25) is 5.95 Å². The van der Waals surface area contributed by atoms with Crippen molar-refractivity contribution < 1.29 is 4.79 Å². The van der Waals surface area contributed by atoms with Crippen molar-refractivity contribution in [3.05, 3.63) is 40.7 Å². The molecule has 1 aliphatic heterocycles. The molecule has 0 bridgehead atoms. The Hall–Kier alpha value is -1.88. The molecule has 2 fully saturated rings. The van der Waals surface area contributed by atoms with Gasteiger partial charge in [0.05, 0.1) is 5.54 Å². The standard InChI is InChI=1S/C23H29ClN4O/c1-2-20-25-22-27(21(29)16-9-8-10-17(24)15-16)19-12-5-4-11-18(19)23(28(22)26-20)13-6-3-7-14-23/h8-10,15,18-19H,2-7,11-14H2,1H3. The quantitative estimate of drug-likeness (QED) is 0.665. The molecule has 1 aromatic carbocycles. The molecule has 2 aliphatic carbocycles. The molecule has 5 rings (SSSR count). The van der Waals surface area contributed by atoms with Crippen molar-refractivity contribution in [2.75, 3.05) is 4.90 Å². The van der Waals surface area contributed by atoms with Crippen LogP contribution in [0.3, 0.4) is 0 Å². The molecule has 29 heavy (non-hydrogen) atoms. The van der Waals surface area contributed by atoms with Crippen LogP contribution in [0.2, 0.25) is 5.02 Å². The zero-order valence-corrected chi connectivity index (χ0v) is 17.9. The Morgan fingerprint density at radius 2 is 1.97 bits per heavy atom. The fourth-order valence-corrected chi connectivity index (χ4v) is 6.24. The van der Waals surface area contributed by atoms with Crippen molar-refractivity contribution in [3.8, 4) is 0 Å². The van der Waals surface area contributed by atoms with E-state index in [1.165, 1.54) is 38.5 Å². The zero-order valence-electron chi connectivity index (χ0n) is 17.1. The Balaban J connectivity index is 1.67. The third-order valence-electron chi connectivity index (χ3n) is 7.35. The molecule has 2 aromatic rings. The molecule has 3 aliphatic rings. The van der Waals surface area contributed by atoms with Gasteiger partial charge in [-0.15, -0.1) is 0 Å². The van der Waals surface area contributed by atoms with Crippen LogP contribution in [0.15, 0.2) is 24.3 Å². The normalized spacial score (nSPS) is 25.5. The fraction of sp³-hybridized carbons (Fsp3) is 0.609. The molecule has 1 aromatic heterocycles. The van der Waals surface area contributed by atoms with Gasteiger partial charge in [-0.05, 0) is 43.9 Å². The third kappa shape index (κ3) is 3.00. The van der Waals surface area contributed by atoms with E-state index in [1.54, 1.807) is 6.07 Å². The summed E-state index contributed by atoms with van der Waals surface area (Å²) in [5.41, 5.74) is 0.665. The maximum absolute atomic E-state index is 13.7. The molecule has 2 heterocycles. The lowest BCUT2D eigenvalue weighted by Gasteiger charge is -2.55. The minimum absolute atomic E-state index is 0.00589. The van der Waals surface area contributed by atoms with E-state index in [1.807, 2.05) is 23.1 Å². The van der Waals surface area contributed by atoms with Crippen LogP contribution in [-0.4, -0.2) is 26.7 Å². The topological polar surface area (TPSA) is 51.0 Å². The van der Waals surface area contributed by atoms with Crippen molar-refractivity contribution in [3.63, 3.8) is 0 Å². The van der Waals surface area contributed by atoms with Crippen LogP contribution in [-0.2, 0) is 12.0 Å². The molecule has 1 amide bonds. The van der Waals surface area contributed by atoms with E-state index >= 15 is 0 Å². The van der Waals surface area contributed by atoms with Gasteiger partial charge in [0.25, 0.3) is 5.91 Å². The predicted molar refractivity (Wildman–Crippen MR) is 114 cm³/mol. The van der Waals surface area contributed by atoms with Crippen LogP contribution in [0, 0.1) is 5.92 Å². The maximum Gasteiger partial charge on any atom is 0.260 e. The Labute approximate surface area is 177 Å². The zero-order chi connectivity index (χ0) is 20.0. The van der Waals surface area contributed by atoms with E-state index in [0.29, 0.717) is 16.5 Å². The van der Waals surface area contributed by atoms with Gasteiger partial charge >= 0.3 is 0 Å².